The van der Waals surface area contributed by atoms with E-state index in [2.05, 4.69) is 5.32 Å². The summed E-state index contributed by atoms with van der Waals surface area (Å²) in [7, 11) is 0. The second-order valence-corrected chi connectivity index (χ2v) is 6.01. The van der Waals surface area contributed by atoms with Crippen LogP contribution in [0.3, 0.4) is 0 Å². The minimum Gasteiger partial charge on any atom is -0.390 e. The second-order valence-electron chi connectivity index (χ2n) is 6.01. The fourth-order valence-corrected chi connectivity index (χ4v) is 2.89. The van der Waals surface area contributed by atoms with Gasteiger partial charge in [-0.05, 0) is 52.5 Å². The van der Waals surface area contributed by atoms with Crippen molar-refractivity contribution in [2.75, 3.05) is 19.6 Å². The summed E-state index contributed by atoms with van der Waals surface area (Å²) in [4.78, 5) is 14.4. The number of hydrogen-bond donors (Lipinski definition) is 2. The van der Waals surface area contributed by atoms with Gasteiger partial charge >= 0.3 is 0 Å². The minimum atomic E-state index is -0.598. The molecule has 0 aliphatic carbocycles. The van der Waals surface area contributed by atoms with Crippen molar-refractivity contribution in [1.29, 1.82) is 0 Å². The molecule has 17 heavy (non-hydrogen) atoms. The number of carbonyl (C=O) groups excluding carboxylic acids is 1. The second kappa shape index (κ2) is 4.58. The standard InChI is InChI=1S/C13H24N2O2/c1-12(17)5-4-9-15(10-7-12)11(16)13(2)6-3-8-14-13/h14,17H,3-10H2,1-2H3. The highest BCUT2D eigenvalue weighted by Crippen LogP contribution is 2.26. The summed E-state index contributed by atoms with van der Waals surface area (Å²) >= 11 is 0. The van der Waals surface area contributed by atoms with Crippen LogP contribution in [0.15, 0.2) is 0 Å². The number of hydrogen-bond acceptors (Lipinski definition) is 3. The van der Waals surface area contributed by atoms with Crippen LogP contribution in [0.1, 0.15) is 46.0 Å². The Morgan fingerprint density at radius 1 is 1.18 bits per heavy atom. The van der Waals surface area contributed by atoms with Gasteiger partial charge in [0.2, 0.25) is 5.91 Å². The van der Waals surface area contributed by atoms with E-state index in [0.717, 1.165) is 38.8 Å². The molecule has 2 heterocycles. The van der Waals surface area contributed by atoms with E-state index in [-0.39, 0.29) is 11.4 Å². The molecule has 0 aromatic carbocycles. The molecule has 2 N–H and O–H groups in total. The lowest BCUT2D eigenvalue weighted by Gasteiger charge is -2.31. The third kappa shape index (κ3) is 2.80. The average Bonchev–Trinajstić information content (AvgIpc) is 2.62. The normalized spacial score (nSPS) is 39.1. The van der Waals surface area contributed by atoms with Crippen molar-refractivity contribution in [3.05, 3.63) is 0 Å². The highest BCUT2D eigenvalue weighted by atomic mass is 16.3. The van der Waals surface area contributed by atoms with E-state index in [1.165, 1.54) is 0 Å². The molecule has 2 unspecified atom stereocenters. The predicted molar refractivity (Wildman–Crippen MR) is 66.7 cm³/mol. The van der Waals surface area contributed by atoms with E-state index in [9.17, 15) is 9.90 Å². The first kappa shape index (κ1) is 12.8. The first-order valence-electron chi connectivity index (χ1n) is 6.70. The lowest BCUT2D eigenvalue weighted by molar-refractivity contribution is -0.137. The maximum atomic E-state index is 12.5. The van der Waals surface area contributed by atoms with Crippen LogP contribution in [0.25, 0.3) is 0 Å². The van der Waals surface area contributed by atoms with Crippen molar-refractivity contribution in [3.63, 3.8) is 0 Å². The molecule has 98 valence electrons. The summed E-state index contributed by atoms with van der Waals surface area (Å²) < 4.78 is 0. The van der Waals surface area contributed by atoms with Crippen LogP contribution in [0.5, 0.6) is 0 Å². The van der Waals surface area contributed by atoms with Crippen molar-refractivity contribution >= 4 is 5.91 Å². The highest BCUT2D eigenvalue weighted by Gasteiger charge is 2.40. The van der Waals surface area contributed by atoms with E-state index in [1.807, 2.05) is 18.7 Å². The van der Waals surface area contributed by atoms with Gasteiger partial charge < -0.3 is 15.3 Å². The van der Waals surface area contributed by atoms with Gasteiger partial charge in [0, 0.05) is 13.1 Å². The molecular formula is C13H24N2O2. The van der Waals surface area contributed by atoms with E-state index in [4.69, 9.17) is 0 Å². The van der Waals surface area contributed by atoms with Crippen LogP contribution in [0.4, 0.5) is 0 Å². The number of amides is 1. The summed E-state index contributed by atoms with van der Waals surface area (Å²) in [5.74, 6) is 0.215. The van der Waals surface area contributed by atoms with E-state index in [0.29, 0.717) is 13.0 Å². The molecule has 0 saturated carbocycles. The van der Waals surface area contributed by atoms with Gasteiger partial charge in [-0.15, -0.1) is 0 Å². The zero-order valence-electron chi connectivity index (χ0n) is 11.0. The van der Waals surface area contributed by atoms with Crippen molar-refractivity contribution < 1.29 is 9.90 Å². The summed E-state index contributed by atoms with van der Waals surface area (Å²) in [6.45, 7) is 6.28. The first-order chi connectivity index (χ1) is 7.93. The Hall–Kier alpha value is -0.610. The van der Waals surface area contributed by atoms with Crippen molar-refractivity contribution in [3.8, 4) is 0 Å². The molecule has 2 atom stereocenters. The topological polar surface area (TPSA) is 52.6 Å². The molecule has 0 bridgehead atoms. The summed E-state index contributed by atoms with van der Waals surface area (Å²) in [5.41, 5.74) is -0.963. The third-order valence-electron chi connectivity index (χ3n) is 4.19. The van der Waals surface area contributed by atoms with Gasteiger partial charge in [0.25, 0.3) is 0 Å². The zero-order chi connectivity index (χ0) is 12.5. The number of aliphatic hydroxyl groups is 1. The first-order valence-corrected chi connectivity index (χ1v) is 6.70. The molecule has 2 rings (SSSR count). The van der Waals surface area contributed by atoms with Crippen LogP contribution in [-0.4, -0.2) is 46.7 Å². The summed E-state index contributed by atoms with van der Waals surface area (Å²) in [5, 5.41) is 13.3. The van der Waals surface area contributed by atoms with Crippen LogP contribution in [0, 0.1) is 0 Å². The molecule has 0 spiro atoms. The number of nitrogens with zero attached hydrogens (tertiary/aromatic N) is 1. The van der Waals surface area contributed by atoms with Gasteiger partial charge in [-0.25, -0.2) is 0 Å². The van der Waals surface area contributed by atoms with Crippen molar-refractivity contribution in [1.82, 2.24) is 10.2 Å². The van der Waals surface area contributed by atoms with Crippen LogP contribution in [0.2, 0.25) is 0 Å². The fraction of sp³-hybridized carbons (Fsp3) is 0.923. The van der Waals surface area contributed by atoms with E-state index in [1.54, 1.807) is 0 Å². The van der Waals surface area contributed by atoms with Gasteiger partial charge in [0.1, 0.15) is 0 Å². The number of nitrogens with one attached hydrogen (secondary N) is 1. The largest absolute Gasteiger partial charge is 0.390 e. The minimum absolute atomic E-state index is 0.215. The van der Waals surface area contributed by atoms with Gasteiger partial charge in [-0.2, -0.15) is 0 Å². The molecule has 0 aromatic heterocycles. The Labute approximate surface area is 103 Å². The van der Waals surface area contributed by atoms with Crippen LogP contribution < -0.4 is 5.32 Å². The third-order valence-corrected chi connectivity index (χ3v) is 4.19. The van der Waals surface area contributed by atoms with Crippen LogP contribution >= 0.6 is 0 Å². The Kier molecular flexibility index (Phi) is 3.46. The van der Waals surface area contributed by atoms with Gasteiger partial charge in [-0.1, -0.05) is 0 Å². The van der Waals surface area contributed by atoms with E-state index >= 15 is 0 Å². The van der Waals surface area contributed by atoms with Crippen molar-refractivity contribution in [2.45, 2.75) is 57.1 Å². The van der Waals surface area contributed by atoms with Gasteiger partial charge in [-0.3, -0.25) is 4.79 Å². The SMILES string of the molecule is CC1(O)CCCN(C(=O)C2(C)CCCN2)CC1. The molecule has 2 aliphatic rings. The maximum Gasteiger partial charge on any atom is 0.242 e. The molecule has 4 heteroatoms. The maximum absolute atomic E-state index is 12.5. The summed E-state index contributed by atoms with van der Waals surface area (Å²) in [6, 6.07) is 0. The average molecular weight is 240 g/mol. The molecule has 2 fully saturated rings. The van der Waals surface area contributed by atoms with Crippen LogP contribution in [-0.2, 0) is 4.79 Å². The Bertz CT molecular complexity index is 296. The molecule has 4 nitrogen and oxygen atoms in total. The molecular weight excluding hydrogens is 216 g/mol. The number of carbonyl (C=O) groups is 1. The Balaban J connectivity index is 2.00. The number of likely N-dealkylation sites (tertiary alicyclic amines) is 1. The highest BCUT2D eigenvalue weighted by molar-refractivity contribution is 5.86. The molecule has 2 aliphatic heterocycles. The smallest absolute Gasteiger partial charge is 0.242 e. The number of rotatable bonds is 1. The monoisotopic (exact) mass is 240 g/mol. The summed E-state index contributed by atoms with van der Waals surface area (Å²) in [6.07, 6.45) is 4.39. The molecule has 1 amide bonds. The lowest BCUT2D eigenvalue weighted by Crippen LogP contribution is -2.53. The predicted octanol–water partition coefficient (Wildman–Crippen LogP) is 0.892. The zero-order valence-corrected chi connectivity index (χ0v) is 11.0. The quantitative estimate of drug-likeness (QED) is 0.716. The van der Waals surface area contributed by atoms with E-state index < -0.39 is 5.60 Å². The van der Waals surface area contributed by atoms with Gasteiger partial charge in [0.05, 0.1) is 11.1 Å². The molecule has 0 aromatic rings. The van der Waals surface area contributed by atoms with Crippen molar-refractivity contribution in [2.24, 2.45) is 0 Å². The fourth-order valence-electron chi connectivity index (χ4n) is 2.89. The molecule has 0 radical (unpaired) electrons. The molecule has 2 saturated heterocycles. The Morgan fingerprint density at radius 3 is 2.59 bits per heavy atom. The Morgan fingerprint density at radius 2 is 1.94 bits per heavy atom. The van der Waals surface area contributed by atoms with Gasteiger partial charge in [0.15, 0.2) is 0 Å². The lowest BCUT2D eigenvalue weighted by atomic mass is 9.97.